The van der Waals surface area contributed by atoms with E-state index in [1.54, 1.807) is 6.20 Å². The Hall–Kier alpha value is -0.510. The van der Waals surface area contributed by atoms with E-state index in [0.29, 0.717) is 5.82 Å². The van der Waals surface area contributed by atoms with Gasteiger partial charge in [0.15, 0.2) is 0 Å². The summed E-state index contributed by atoms with van der Waals surface area (Å²) in [6.45, 7) is 0. The van der Waals surface area contributed by atoms with E-state index in [4.69, 9.17) is 11.5 Å². The van der Waals surface area contributed by atoms with Crippen LogP contribution in [0.4, 0.5) is 5.82 Å². The lowest BCUT2D eigenvalue weighted by Crippen LogP contribution is -2.05. The van der Waals surface area contributed by atoms with Crippen molar-refractivity contribution in [1.82, 2.24) is 4.98 Å². The van der Waals surface area contributed by atoms with Crippen LogP contribution in [0.5, 0.6) is 0 Å². The van der Waals surface area contributed by atoms with E-state index < -0.39 is 0 Å². The number of hydrogen-bond donors (Lipinski definition) is 2. The van der Waals surface area contributed by atoms with Crippen LogP contribution < -0.4 is 11.5 Å². The average molecular weight is 222 g/mol. The van der Waals surface area contributed by atoms with Gasteiger partial charge in [-0.25, -0.2) is 4.98 Å². The summed E-state index contributed by atoms with van der Waals surface area (Å²) in [7, 11) is 0. The first kappa shape index (κ1) is 12.5. The first-order valence-electron chi connectivity index (χ1n) is 3.77. The second kappa shape index (κ2) is 4.65. The van der Waals surface area contributed by atoms with Crippen molar-refractivity contribution < 1.29 is 0 Å². The standard InChI is InChI=1S/C8H11N3.2ClH/c9-7-2-1-5-3-8(10)11-4-6(5)7;;/h3-4,7H,1-2,9H2,(H2,10,11);2*1H. The molecule has 0 spiro atoms. The molecule has 13 heavy (non-hydrogen) atoms. The molecule has 2 rings (SSSR count). The molecule has 0 aliphatic heterocycles. The van der Waals surface area contributed by atoms with Crippen molar-refractivity contribution in [2.75, 3.05) is 5.73 Å². The number of nitrogens with zero attached hydrogens (tertiary/aromatic N) is 1. The summed E-state index contributed by atoms with van der Waals surface area (Å²) in [5.41, 5.74) is 13.8. The summed E-state index contributed by atoms with van der Waals surface area (Å²) >= 11 is 0. The zero-order chi connectivity index (χ0) is 7.84. The van der Waals surface area contributed by atoms with Crippen LogP contribution in [-0.2, 0) is 6.42 Å². The topological polar surface area (TPSA) is 64.9 Å². The number of nitrogen functional groups attached to an aromatic ring is 1. The van der Waals surface area contributed by atoms with Crippen molar-refractivity contribution in [2.24, 2.45) is 5.73 Å². The molecule has 1 atom stereocenters. The molecule has 0 fully saturated rings. The van der Waals surface area contributed by atoms with E-state index in [2.05, 4.69) is 4.98 Å². The van der Waals surface area contributed by atoms with E-state index in [1.165, 1.54) is 11.1 Å². The molecule has 1 aliphatic carbocycles. The molecular formula is C8H13Cl2N3. The van der Waals surface area contributed by atoms with Gasteiger partial charge in [0, 0.05) is 12.2 Å². The molecule has 5 heteroatoms. The SMILES string of the molecule is Cl.Cl.Nc1cc2c(cn1)C(N)CC2. The predicted octanol–water partition coefficient (Wildman–Crippen LogP) is 1.45. The number of hydrogen-bond acceptors (Lipinski definition) is 3. The molecule has 1 heterocycles. The van der Waals surface area contributed by atoms with Crippen LogP contribution in [-0.4, -0.2) is 4.98 Å². The molecule has 1 aromatic rings. The predicted molar refractivity (Wildman–Crippen MR) is 58.4 cm³/mol. The highest BCUT2D eigenvalue weighted by atomic mass is 35.5. The van der Waals surface area contributed by atoms with Crippen molar-refractivity contribution in [1.29, 1.82) is 0 Å². The Kier molecular flexibility index (Phi) is 4.47. The summed E-state index contributed by atoms with van der Waals surface area (Å²) in [6.07, 6.45) is 3.87. The fraction of sp³-hybridized carbons (Fsp3) is 0.375. The molecule has 0 saturated carbocycles. The van der Waals surface area contributed by atoms with E-state index in [9.17, 15) is 0 Å². The normalized spacial score (nSPS) is 18.4. The molecule has 0 saturated heterocycles. The highest BCUT2D eigenvalue weighted by molar-refractivity contribution is 5.85. The zero-order valence-electron chi connectivity index (χ0n) is 7.06. The molecule has 3 nitrogen and oxygen atoms in total. The van der Waals surface area contributed by atoms with Gasteiger partial charge in [0.05, 0.1) is 0 Å². The smallest absolute Gasteiger partial charge is 0.123 e. The third-order valence-corrected chi connectivity index (χ3v) is 2.17. The van der Waals surface area contributed by atoms with Crippen LogP contribution in [0.2, 0.25) is 0 Å². The number of rotatable bonds is 0. The fourth-order valence-corrected chi connectivity index (χ4v) is 1.54. The Bertz CT molecular complexity index is 291. The quantitative estimate of drug-likeness (QED) is 0.698. The summed E-state index contributed by atoms with van der Waals surface area (Å²) in [4.78, 5) is 4.00. The Morgan fingerprint density at radius 3 is 2.77 bits per heavy atom. The number of fused-ring (bicyclic) bond motifs is 1. The number of aromatic nitrogens is 1. The van der Waals surface area contributed by atoms with Gasteiger partial charge in [0.1, 0.15) is 5.82 Å². The minimum Gasteiger partial charge on any atom is -0.384 e. The van der Waals surface area contributed by atoms with Gasteiger partial charge in [-0.05, 0) is 30.0 Å². The first-order valence-corrected chi connectivity index (χ1v) is 3.77. The number of nitrogens with two attached hydrogens (primary N) is 2. The third-order valence-electron chi connectivity index (χ3n) is 2.17. The monoisotopic (exact) mass is 221 g/mol. The Balaban J connectivity index is 0.000000720. The van der Waals surface area contributed by atoms with Gasteiger partial charge in [-0.3, -0.25) is 0 Å². The molecule has 0 bridgehead atoms. The van der Waals surface area contributed by atoms with Gasteiger partial charge in [-0.15, -0.1) is 24.8 Å². The molecule has 74 valence electrons. The number of aryl methyl sites for hydroxylation is 1. The molecule has 0 aromatic carbocycles. The lowest BCUT2D eigenvalue weighted by atomic mass is 10.1. The van der Waals surface area contributed by atoms with Crippen LogP contribution in [0, 0.1) is 0 Å². The van der Waals surface area contributed by atoms with E-state index in [-0.39, 0.29) is 30.9 Å². The third kappa shape index (κ3) is 2.24. The molecular weight excluding hydrogens is 209 g/mol. The summed E-state index contributed by atoms with van der Waals surface area (Å²) in [6, 6.07) is 2.10. The zero-order valence-corrected chi connectivity index (χ0v) is 8.70. The minimum atomic E-state index is 0. The molecule has 0 amide bonds. The molecule has 4 N–H and O–H groups in total. The molecule has 1 aromatic heterocycles. The van der Waals surface area contributed by atoms with Crippen LogP contribution in [0.25, 0.3) is 0 Å². The van der Waals surface area contributed by atoms with Crippen LogP contribution in [0.15, 0.2) is 12.3 Å². The van der Waals surface area contributed by atoms with Crippen molar-refractivity contribution in [3.8, 4) is 0 Å². The van der Waals surface area contributed by atoms with Gasteiger partial charge >= 0.3 is 0 Å². The minimum absolute atomic E-state index is 0. The summed E-state index contributed by atoms with van der Waals surface area (Å²) < 4.78 is 0. The fourth-order valence-electron chi connectivity index (χ4n) is 1.54. The number of anilines is 1. The van der Waals surface area contributed by atoms with Crippen molar-refractivity contribution >= 4 is 30.6 Å². The maximum Gasteiger partial charge on any atom is 0.123 e. The van der Waals surface area contributed by atoms with Crippen molar-refractivity contribution in [3.05, 3.63) is 23.4 Å². The summed E-state index contributed by atoms with van der Waals surface area (Å²) in [5, 5.41) is 0. The van der Waals surface area contributed by atoms with Crippen molar-refractivity contribution in [2.45, 2.75) is 18.9 Å². The number of pyridine rings is 1. The largest absolute Gasteiger partial charge is 0.384 e. The van der Waals surface area contributed by atoms with Gasteiger partial charge < -0.3 is 11.5 Å². The van der Waals surface area contributed by atoms with Crippen LogP contribution in [0.1, 0.15) is 23.6 Å². The number of halogens is 2. The van der Waals surface area contributed by atoms with Gasteiger partial charge in [-0.2, -0.15) is 0 Å². The Morgan fingerprint density at radius 1 is 1.38 bits per heavy atom. The highest BCUT2D eigenvalue weighted by Gasteiger charge is 2.18. The molecule has 0 radical (unpaired) electrons. The van der Waals surface area contributed by atoms with Crippen LogP contribution >= 0.6 is 24.8 Å². The summed E-state index contributed by atoms with van der Waals surface area (Å²) in [5.74, 6) is 0.595. The maximum atomic E-state index is 5.82. The van der Waals surface area contributed by atoms with Crippen molar-refractivity contribution in [3.63, 3.8) is 0 Å². The Labute approximate surface area is 89.7 Å². The van der Waals surface area contributed by atoms with E-state index >= 15 is 0 Å². The van der Waals surface area contributed by atoms with Gasteiger partial charge in [0.2, 0.25) is 0 Å². The first-order chi connectivity index (χ1) is 5.27. The van der Waals surface area contributed by atoms with Gasteiger partial charge in [0.25, 0.3) is 0 Å². The average Bonchev–Trinajstić information content (AvgIpc) is 2.32. The second-order valence-electron chi connectivity index (χ2n) is 2.95. The maximum absolute atomic E-state index is 5.82. The van der Waals surface area contributed by atoms with Crippen LogP contribution in [0.3, 0.4) is 0 Å². The Morgan fingerprint density at radius 2 is 2.08 bits per heavy atom. The lowest BCUT2D eigenvalue weighted by molar-refractivity contribution is 0.712. The molecule has 1 aliphatic rings. The van der Waals surface area contributed by atoms with Gasteiger partial charge in [-0.1, -0.05) is 0 Å². The highest BCUT2D eigenvalue weighted by Crippen LogP contribution is 2.28. The van der Waals surface area contributed by atoms with E-state index in [0.717, 1.165) is 12.8 Å². The molecule has 1 unspecified atom stereocenters. The lowest BCUT2D eigenvalue weighted by Gasteiger charge is -2.02. The van der Waals surface area contributed by atoms with E-state index in [1.807, 2.05) is 6.07 Å². The second-order valence-corrected chi connectivity index (χ2v) is 2.95.